The lowest BCUT2D eigenvalue weighted by Crippen LogP contribution is -2.48. The monoisotopic (exact) mass is 370 g/mol. The third-order valence-corrected chi connectivity index (χ3v) is 6.23. The maximum Gasteiger partial charge on any atom is 0.243 e. The van der Waals surface area contributed by atoms with Crippen LogP contribution in [0.25, 0.3) is 0 Å². The molecule has 4 nitrogen and oxygen atoms in total. The average Bonchev–Trinajstić information content (AvgIpc) is 3.13. The number of hydrogen-bond acceptors (Lipinski definition) is 3. The lowest BCUT2D eigenvalue weighted by atomic mass is 9.93. The molecule has 3 rings (SSSR count). The summed E-state index contributed by atoms with van der Waals surface area (Å²) in [6, 6.07) is 12.3. The van der Waals surface area contributed by atoms with E-state index in [1.165, 1.54) is 10.4 Å². The van der Waals surface area contributed by atoms with Gasteiger partial charge in [0.1, 0.15) is 6.54 Å². The van der Waals surface area contributed by atoms with Crippen molar-refractivity contribution < 1.29 is 9.59 Å². The lowest BCUT2D eigenvalue weighted by Gasteiger charge is -2.38. The molecule has 0 saturated heterocycles. The van der Waals surface area contributed by atoms with Crippen molar-refractivity contribution in [3.63, 3.8) is 0 Å². The van der Waals surface area contributed by atoms with Crippen molar-refractivity contribution in [2.24, 2.45) is 0 Å². The van der Waals surface area contributed by atoms with Crippen LogP contribution in [0, 0.1) is 0 Å². The second-order valence-corrected chi connectivity index (χ2v) is 7.85. The minimum Gasteiger partial charge on any atom is -0.331 e. The van der Waals surface area contributed by atoms with Gasteiger partial charge in [0.05, 0.1) is 6.04 Å². The SMILES string of the molecule is CC[C@@H](C)N(CC(=O)N1CCc2sccc2[C@H]1c1ccccc1)C(C)=O. The van der Waals surface area contributed by atoms with E-state index < -0.39 is 0 Å². The Hall–Kier alpha value is -2.14. The molecule has 26 heavy (non-hydrogen) atoms. The summed E-state index contributed by atoms with van der Waals surface area (Å²) >= 11 is 1.76. The van der Waals surface area contributed by atoms with Crippen molar-refractivity contribution in [2.75, 3.05) is 13.1 Å². The third-order valence-electron chi connectivity index (χ3n) is 5.23. The minimum absolute atomic E-state index is 0.0196. The normalized spacial score (nSPS) is 17.5. The summed E-state index contributed by atoms with van der Waals surface area (Å²) in [4.78, 5) is 30.2. The zero-order chi connectivity index (χ0) is 18.7. The molecule has 138 valence electrons. The Labute approximate surface area is 159 Å². The Bertz CT molecular complexity index is 771. The molecule has 1 aliphatic rings. The van der Waals surface area contributed by atoms with Crippen molar-refractivity contribution in [3.05, 3.63) is 57.8 Å². The highest BCUT2D eigenvalue weighted by Gasteiger charge is 2.34. The largest absolute Gasteiger partial charge is 0.331 e. The molecular formula is C21H26N2O2S. The average molecular weight is 371 g/mol. The molecule has 0 unspecified atom stereocenters. The number of thiophene rings is 1. The van der Waals surface area contributed by atoms with Crippen molar-refractivity contribution in [1.29, 1.82) is 0 Å². The maximum absolute atomic E-state index is 13.2. The van der Waals surface area contributed by atoms with Crippen LogP contribution in [0.15, 0.2) is 41.8 Å². The van der Waals surface area contributed by atoms with Crippen molar-refractivity contribution in [1.82, 2.24) is 9.80 Å². The Morgan fingerprint density at radius 1 is 1.27 bits per heavy atom. The van der Waals surface area contributed by atoms with Crippen LogP contribution in [-0.2, 0) is 16.0 Å². The molecule has 1 aromatic carbocycles. The number of rotatable bonds is 5. The number of fused-ring (bicyclic) bond motifs is 1. The molecule has 0 radical (unpaired) electrons. The summed E-state index contributed by atoms with van der Waals surface area (Å²) in [6.07, 6.45) is 1.72. The van der Waals surface area contributed by atoms with Crippen molar-refractivity contribution in [2.45, 2.75) is 45.7 Å². The standard InChI is InChI=1S/C21H26N2O2S/c1-4-15(2)23(16(3)24)14-20(25)22-12-10-19-18(11-13-26-19)21(22)17-8-6-5-7-9-17/h5-9,11,13,15,21H,4,10,12,14H2,1-3H3/t15-,21-/m1/s1. The molecule has 0 fully saturated rings. The van der Waals surface area contributed by atoms with Gasteiger partial charge in [-0.15, -0.1) is 11.3 Å². The first-order valence-corrected chi connectivity index (χ1v) is 10.1. The van der Waals surface area contributed by atoms with E-state index in [-0.39, 0.29) is 30.4 Å². The van der Waals surface area contributed by atoms with E-state index >= 15 is 0 Å². The number of amides is 2. The number of carbonyl (C=O) groups is 2. The van der Waals surface area contributed by atoms with Gasteiger partial charge in [-0.25, -0.2) is 0 Å². The van der Waals surface area contributed by atoms with Crippen LogP contribution < -0.4 is 0 Å². The second-order valence-electron chi connectivity index (χ2n) is 6.85. The first-order chi connectivity index (χ1) is 12.5. The summed E-state index contributed by atoms with van der Waals surface area (Å²) < 4.78 is 0. The smallest absolute Gasteiger partial charge is 0.243 e. The number of benzene rings is 1. The van der Waals surface area contributed by atoms with Crippen LogP contribution in [0.4, 0.5) is 0 Å². The van der Waals surface area contributed by atoms with Gasteiger partial charge < -0.3 is 9.80 Å². The van der Waals surface area contributed by atoms with E-state index in [0.717, 1.165) is 18.4 Å². The molecule has 0 N–H and O–H groups in total. The lowest BCUT2D eigenvalue weighted by molar-refractivity contribution is -0.142. The molecule has 2 aromatic rings. The van der Waals surface area contributed by atoms with E-state index in [0.29, 0.717) is 6.54 Å². The topological polar surface area (TPSA) is 40.6 Å². The Balaban J connectivity index is 1.90. The molecular weight excluding hydrogens is 344 g/mol. The first kappa shape index (κ1) is 18.6. The molecule has 0 aliphatic carbocycles. The van der Waals surface area contributed by atoms with E-state index in [1.807, 2.05) is 36.9 Å². The molecule has 1 aromatic heterocycles. The van der Waals surface area contributed by atoms with E-state index in [1.54, 1.807) is 23.2 Å². The summed E-state index contributed by atoms with van der Waals surface area (Å²) in [7, 11) is 0. The van der Waals surface area contributed by atoms with Crippen molar-refractivity contribution >= 4 is 23.2 Å². The first-order valence-electron chi connectivity index (χ1n) is 9.20. The van der Waals surface area contributed by atoms with Crippen LogP contribution in [-0.4, -0.2) is 40.7 Å². The predicted molar refractivity (Wildman–Crippen MR) is 105 cm³/mol. The van der Waals surface area contributed by atoms with E-state index in [9.17, 15) is 9.59 Å². The van der Waals surface area contributed by atoms with Gasteiger partial charge in [-0.1, -0.05) is 37.3 Å². The van der Waals surface area contributed by atoms with Gasteiger partial charge >= 0.3 is 0 Å². The minimum atomic E-state index is -0.0653. The summed E-state index contributed by atoms with van der Waals surface area (Å²) in [6.45, 7) is 6.42. The van der Waals surface area contributed by atoms with Gasteiger partial charge in [0.15, 0.2) is 0 Å². The molecule has 2 amide bonds. The second kappa shape index (κ2) is 8.04. The quantitative estimate of drug-likeness (QED) is 0.802. The molecule has 0 saturated carbocycles. The predicted octanol–water partition coefficient (Wildman–Crippen LogP) is 3.87. The Morgan fingerprint density at radius 3 is 2.65 bits per heavy atom. The van der Waals surface area contributed by atoms with Crippen LogP contribution in [0.1, 0.15) is 49.2 Å². The van der Waals surface area contributed by atoms with Crippen LogP contribution in [0.5, 0.6) is 0 Å². The summed E-state index contributed by atoms with van der Waals surface area (Å²) in [5, 5.41) is 2.11. The summed E-state index contributed by atoms with van der Waals surface area (Å²) in [5.74, 6) is -0.0246. The summed E-state index contributed by atoms with van der Waals surface area (Å²) in [5.41, 5.74) is 2.34. The fraction of sp³-hybridized carbons (Fsp3) is 0.429. The molecule has 0 bridgehead atoms. The van der Waals surface area contributed by atoms with Gasteiger partial charge in [-0.2, -0.15) is 0 Å². The van der Waals surface area contributed by atoms with Crippen LogP contribution >= 0.6 is 11.3 Å². The zero-order valence-corrected chi connectivity index (χ0v) is 16.5. The Morgan fingerprint density at radius 2 is 2.00 bits per heavy atom. The molecule has 5 heteroatoms. The fourth-order valence-electron chi connectivity index (χ4n) is 3.61. The highest BCUT2D eigenvalue weighted by Crippen LogP contribution is 2.37. The fourth-order valence-corrected chi connectivity index (χ4v) is 4.52. The van der Waals surface area contributed by atoms with E-state index in [4.69, 9.17) is 0 Å². The van der Waals surface area contributed by atoms with Gasteiger partial charge in [0.2, 0.25) is 11.8 Å². The molecule has 2 heterocycles. The highest BCUT2D eigenvalue weighted by atomic mass is 32.1. The zero-order valence-electron chi connectivity index (χ0n) is 15.6. The van der Waals surface area contributed by atoms with Gasteiger partial charge in [0, 0.05) is 24.4 Å². The highest BCUT2D eigenvalue weighted by molar-refractivity contribution is 7.10. The van der Waals surface area contributed by atoms with Crippen molar-refractivity contribution in [3.8, 4) is 0 Å². The van der Waals surface area contributed by atoms with Crippen LogP contribution in [0.2, 0.25) is 0 Å². The number of carbonyl (C=O) groups excluding carboxylic acids is 2. The third kappa shape index (κ3) is 3.68. The number of nitrogens with zero attached hydrogens (tertiary/aromatic N) is 2. The maximum atomic E-state index is 13.2. The molecule has 1 aliphatic heterocycles. The Kier molecular flexibility index (Phi) is 5.77. The van der Waals surface area contributed by atoms with Gasteiger partial charge in [0.25, 0.3) is 0 Å². The van der Waals surface area contributed by atoms with Gasteiger partial charge in [-0.3, -0.25) is 9.59 Å². The van der Waals surface area contributed by atoms with E-state index in [2.05, 4.69) is 23.6 Å². The van der Waals surface area contributed by atoms with Crippen LogP contribution in [0.3, 0.4) is 0 Å². The van der Waals surface area contributed by atoms with Gasteiger partial charge in [-0.05, 0) is 42.3 Å². The molecule has 0 spiro atoms. The number of hydrogen-bond donors (Lipinski definition) is 0. The molecule has 2 atom stereocenters.